The van der Waals surface area contributed by atoms with Crippen LogP contribution in [-0.2, 0) is 25.7 Å². The van der Waals surface area contributed by atoms with Crippen molar-refractivity contribution in [1.29, 1.82) is 0 Å². The van der Waals surface area contributed by atoms with Crippen molar-refractivity contribution in [3.05, 3.63) is 29.8 Å². The molecule has 1 N–H and O–H groups in total. The van der Waals surface area contributed by atoms with Gasteiger partial charge in [-0.2, -0.15) is 11.8 Å². The monoisotopic (exact) mass is 457 g/mol. The van der Waals surface area contributed by atoms with Crippen LogP contribution in [0.1, 0.15) is 50.5 Å². The summed E-state index contributed by atoms with van der Waals surface area (Å²) in [6.45, 7) is 1.05. The van der Waals surface area contributed by atoms with Crippen molar-refractivity contribution in [2.24, 2.45) is 11.8 Å². The molecule has 3 aliphatic rings. The van der Waals surface area contributed by atoms with Crippen LogP contribution in [0.3, 0.4) is 0 Å². The number of carbonyl (C=O) groups is 4. The second-order valence-electron chi connectivity index (χ2n) is 8.87. The first kappa shape index (κ1) is 22.8. The Hall–Kier alpha value is -2.35. The van der Waals surface area contributed by atoms with E-state index in [1.54, 1.807) is 16.7 Å². The zero-order valence-electron chi connectivity index (χ0n) is 18.5. The number of imide groups is 1. The first-order valence-electron chi connectivity index (χ1n) is 11.5. The van der Waals surface area contributed by atoms with E-state index in [9.17, 15) is 19.2 Å². The van der Waals surface area contributed by atoms with Gasteiger partial charge in [0.15, 0.2) is 0 Å². The van der Waals surface area contributed by atoms with Gasteiger partial charge in [-0.25, -0.2) is 0 Å². The average Bonchev–Trinajstić information content (AvgIpc) is 3.35. The maximum absolute atomic E-state index is 13.1. The second-order valence-corrected chi connectivity index (χ2v) is 9.86. The number of nitrogens with one attached hydrogen (secondary N) is 1. The molecule has 7 nitrogen and oxygen atoms in total. The number of amides is 4. The molecule has 3 fully saturated rings. The van der Waals surface area contributed by atoms with Crippen LogP contribution in [0.15, 0.2) is 24.3 Å². The largest absolute Gasteiger partial charge is 0.350 e. The van der Waals surface area contributed by atoms with E-state index in [4.69, 9.17) is 0 Å². The molecular formula is C24H31N3O4S. The lowest BCUT2D eigenvalue weighted by Crippen LogP contribution is -2.50. The lowest BCUT2D eigenvalue weighted by atomic mass is 9.81. The highest BCUT2D eigenvalue weighted by atomic mass is 32.2. The van der Waals surface area contributed by atoms with Crippen LogP contribution in [-0.4, -0.2) is 53.1 Å². The van der Waals surface area contributed by atoms with Crippen molar-refractivity contribution in [3.63, 3.8) is 0 Å². The third-order valence-corrected chi connectivity index (χ3v) is 7.52. The molecular weight excluding hydrogens is 426 g/mol. The van der Waals surface area contributed by atoms with E-state index in [0.717, 1.165) is 49.9 Å². The van der Waals surface area contributed by atoms with E-state index in [2.05, 4.69) is 5.32 Å². The fourth-order valence-corrected chi connectivity index (χ4v) is 5.58. The number of fused-ring (bicyclic) bond motifs is 1. The number of benzene rings is 1. The molecule has 4 rings (SSSR count). The van der Waals surface area contributed by atoms with Gasteiger partial charge in [0.1, 0.15) is 6.04 Å². The highest BCUT2D eigenvalue weighted by Gasteiger charge is 2.51. The van der Waals surface area contributed by atoms with Gasteiger partial charge in [0.25, 0.3) is 0 Å². The molecule has 2 aliphatic heterocycles. The number of likely N-dealkylation sites (tertiary alicyclic amines) is 1. The van der Waals surface area contributed by atoms with Crippen LogP contribution in [0.25, 0.3) is 0 Å². The van der Waals surface area contributed by atoms with Crippen molar-refractivity contribution in [2.45, 2.75) is 57.5 Å². The van der Waals surface area contributed by atoms with Crippen molar-refractivity contribution in [2.75, 3.05) is 23.5 Å². The molecule has 2 saturated heterocycles. The van der Waals surface area contributed by atoms with E-state index < -0.39 is 6.04 Å². The average molecular weight is 458 g/mol. The Morgan fingerprint density at radius 2 is 1.72 bits per heavy atom. The molecule has 0 bridgehead atoms. The first-order valence-corrected chi connectivity index (χ1v) is 12.9. The lowest BCUT2D eigenvalue weighted by molar-refractivity contribution is -0.148. The van der Waals surface area contributed by atoms with E-state index in [-0.39, 0.29) is 35.5 Å². The summed E-state index contributed by atoms with van der Waals surface area (Å²) in [5, 5.41) is 2.93. The number of carbonyl (C=O) groups excluding carboxylic acids is 4. The van der Waals surface area contributed by atoms with E-state index in [0.29, 0.717) is 25.1 Å². The zero-order valence-corrected chi connectivity index (χ0v) is 19.4. The predicted molar refractivity (Wildman–Crippen MR) is 124 cm³/mol. The molecule has 0 aromatic heterocycles. The molecule has 2 heterocycles. The minimum atomic E-state index is -0.755. The third kappa shape index (κ3) is 4.56. The Morgan fingerprint density at radius 3 is 2.28 bits per heavy atom. The molecule has 172 valence electrons. The van der Waals surface area contributed by atoms with Crippen molar-refractivity contribution in [3.8, 4) is 0 Å². The summed E-state index contributed by atoms with van der Waals surface area (Å²) in [4.78, 5) is 54.1. The van der Waals surface area contributed by atoms with Crippen LogP contribution in [0.2, 0.25) is 0 Å². The standard InChI is InChI=1S/C24H31N3O4S/c1-32-14-12-20(27-23(30)18-5-2-3-6-19(18)24(27)31)22(29)25-15-16-8-10-17(11-9-16)26-13-4-7-21(26)28/h8-11,18-20H,2-7,12-15H2,1H3,(H,25,29)/t18-,19-,20-/m0/s1. The first-order chi connectivity index (χ1) is 15.5. The number of hydrogen-bond donors (Lipinski definition) is 1. The van der Waals surface area contributed by atoms with Gasteiger partial charge in [-0.15, -0.1) is 0 Å². The molecule has 0 unspecified atom stereocenters. The van der Waals surface area contributed by atoms with Gasteiger partial charge in [0.05, 0.1) is 11.8 Å². The van der Waals surface area contributed by atoms with Gasteiger partial charge in [-0.05, 0) is 55.4 Å². The van der Waals surface area contributed by atoms with Crippen LogP contribution in [0.4, 0.5) is 5.69 Å². The second kappa shape index (κ2) is 10.1. The molecule has 1 aromatic rings. The Bertz CT molecular complexity index is 864. The predicted octanol–water partition coefficient (Wildman–Crippen LogP) is 2.73. The van der Waals surface area contributed by atoms with Crippen LogP contribution in [0, 0.1) is 11.8 Å². The summed E-state index contributed by atoms with van der Waals surface area (Å²) in [5.74, 6) is -0.269. The van der Waals surface area contributed by atoms with Crippen molar-refractivity contribution >= 4 is 41.1 Å². The summed E-state index contributed by atoms with van der Waals surface area (Å²) >= 11 is 1.60. The third-order valence-electron chi connectivity index (χ3n) is 6.87. The van der Waals surface area contributed by atoms with Gasteiger partial charge < -0.3 is 10.2 Å². The Balaban J connectivity index is 1.41. The molecule has 1 aliphatic carbocycles. The fourth-order valence-electron chi connectivity index (χ4n) is 5.12. The van der Waals surface area contributed by atoms with Crippen LogP contribution >= 0.6 is 11.8 Å². The van der Waals surface area contributed by atoms with E-state index >= 15 is 0 Å². The quantitative estimate of drug-likeness (QED) is 0.607. The molecule has 8 heteroatoms. The summed E-state index contributed by atoms with van der Waals surface area (Å²) in [6.07, 6.45) is 7.30. The highest BCUT2D eigenvalue weighted by molar-refractivity contribution is 7.98. The zero-order chi connectivity index (χ0) is 22.7. The number of thioether (sulfide) groups is 1. The Labute approximate surface area is 193 Å². The summed E-state index contributed by atoms with van der Waals surface area (Å²) in [7, 11) is 0. The van der Waals surface area contributed by atoms with Gasteiger partial charge in [0, 0.05) is 25.2 Å². The number of hydrogen-bond acceptors (Lipinski definition) is 5. The Kier molecular flexibility index (Phi) is 7.18. The smallest absolute Gasteiger partial charge is 0.243 e. The molecule has 1 aromatic carbocycles. The van der Waals surface area contributed by atoms with Crippen LogP contribution < -0.4 is 10.2 Å². The fraction of sp³-hybridized carbons (Fsp3) is 0.583. The highest BCUT2D eigenvalue weighted by Crippen LogP contribution is 2.39. The molecule has 1 saturated carbocycles. The number of rotatable bonds is 8. The van der Waals surface area contributed by atoms with Gasteiger partial charge in [0.2, 0.25) is 23.6 Å². The van der Waals surface area contributed by atoms with Crippen molar-refractivity contribution in [1.82, 2.24) is 10.2 Å². The minimum Gasteiger partial charge on any atom is -0.350 e. The van der Waals surface area contributed by atoms with E-state index in [1.807, 2.05) is 30.5 Å². The maximum Gasteiger partial charge on any atom is 0.243 e. The summed E-state index contributed by atoms with van der Waals surface area (Å²) < 4.78 is 0. The number of anilines is 1. The topological polar surface area (TPSA) is 86.8 Å². The van der Waals surface area contributed by atoms with Gasteiger partial charge in [-0.3, -0.25) is 24.1 Å². The maximum atomic E-state index is 13.1. The minimum absolute atomic E-state index is 0.142. The lowest BCUT2D eigenvalue weighted by Gasteiger charge is -2.26. The SMILES string of the molecule is CSCC[C@@H](C(=O)NCc1ccc(N2CCCC2=O)cc1)N1C(=O)[C@H]2CCCC[C@@H]2C1=O. The van der Waals surface area contributed by atoms with Gasteiger partial charge in [-0.1, -0.05) is 25.0 Å². The molecule has 32 heavy (non-hydrogen) atoms. The molecule has 4 amide bonds. The summed E-state index contributed by atoms with van der Waals surface area (Å²) in [5.41, 5.74) is 1.78. The van der Waals surface area contributed by atoms with Crippen molar-refractivity contribution < 1.29 is 19.2 Å². The molecule has 0 spiro atoms. The van der Waals surface area contributed by atoms with Crippen LogP contribution in [0.5, 0.6) is 0 Å². The molecule has 0 radical (unpaired) electrons. The van der Waals surface area contributed by atoms with E-state index in [1.165, 1.54) is 4.90 Å². The summed E-state index contributed by atoms with van der Waals surface area (Å²) in [6, 6.07) is 6.84. The van der Waals surface area contributed by atoms with Gasteiger partial charge >= 0.3 is 0 Å². The molecule has 3 atom stereocenters. The number of nitrogens with zero attached hydrogens (tertiary/aromatic N) is 2. The normalized spacial score (nSPS) is 24.1. The Morgan fingerprint density at radius 1 is 1.06 bits per heavy atom.